The molecule has 2 aromatic carbocycles. The summed E-state index contributed by atoms with van der Waals surface area (Å²) in [5.41, 5.74) is 1.67. The van der Waals surface area contributed by atoms with E-state index in [1.54, 1.807) is 13.2 Å². The van der Waals surface area contributed by atoms with E-state index in [1.165, 1.54) is 4.90 Å². The lowest BCUT2D eigenvalue weighted by Gasteiger charge is -2.12. The summed E-state index contributed by atoms with van der Waals surface area (Å²) in [4.78, 5) is 26.4. The number of nitrogens with zero attached hydrogens (tertiary/aromatic N) is 1. The van der Waals surface area contributed by atoms with Crippen LogP contribution in [-0.4, -0.2) is 23.2 Å². The van der Waals surface area contributed by atoms with Crippen molar-refractivity contribution in [2.45, 2.75) is 6.54 Å². The van der Waals surface area contributed by atoms with Gasteiger partial charge in [-0.2, -0.15) is 0 Å². The number of carbonyl (C=O) groups is 2. The van der Waals surface area contributed by atoms with Crippen molar-refractivity contribution in [3.8, 4) is 5.75 Å². The molecule has 0 aliphatic carbocycles. The first-order valence-electron chi connectivity index (χ1n) is 7.21. The lowest BCUT2D eigenvalue weighted by molar-refractivity contribution is -0.123. The molecule has 1 aliphatic heterocycles. The van der Waals surface area contributed by atoms with E-state index in [9.17, 15) is 9.59 Å². The Morgan fingerprint density at radius 3 is 2.54 bits per heavy atom. The molecular weight excluding hydrogens is 390 g/mol. The minimum absolute atomic E-state index is 0.260. The topological polar surface area (TPSA) is 46.6 Å². The van der Waals surface area contributed by atoms with Gasteiger partial charge in [0.05, 0.1) is 18.6 Å². The number of imide groups is 1. The molecule has 0 radical (unpaired) electrons. The number of hydrogen-bond donors (Lipinski definition) is 0. The SMILES string of the molecule is COc1ccccc1/C=C1\SC(=O)N(Cc2ccc(Br)cc2)C1=O. The maximum absolute atomic E-state index is 12.6. The molecule has 4 nitrogen and oxygen atoms in total. The minimum atomic E-state index is -0.279. The van der Waals surface area contributed by atoms with Gasteiger partial charge in [0, 0.05) is 10.0 Å². The van der Waals surface area contributed by atoms with Gasteiger partial charge in [-0.15, -0.1) is 0 Å². The van der Waals surface area contributed by atoms with Crippen LogP contribution >= 0.6 is 27.7 Å². The van der Waals surface area contributed by atoms with Crippen molar-refractivity contribution in [2.24, 2.45) is 0 Å². The highest BCUT2D eigenvalue weighted by Gasteiger charge is 2.35. The molecule has 1 heterocycles. The third-order valence-electron chi connectivity index (χ3n) is 3.55. The smallest absolute Gasteiger partial charge is 0.293 e. The molecule has 1 saturated heterocycles. The van der Waals surface area contributed by atoms with Gasteiger partial charge in [-0.1, -0.05) is 46.3 Å². The van der Waals surface area contributed by atoms with Gasteiger partial charge in [-0.3, -0.25) is 14.5 Å². The average molecular weight is 404 g/mol. The summed E-state index contributed by atoms with van der Waals surface area (Å²) in [5, 5.41) is -0.260. The molecule has 1 aliphatic rings. The summed E-state index contributed by atoms with van der Waals surface area (Å²) in [7, 11) is 1.58. The molecule has 6 heteroatoms. The Bertz CT molecular complexity index is 817. The molecule has 0 saturated carbocycles. The maximum atomic E-state index is 12.6. The van der Waals surface area contributed by atoms with E-state index in [4.69, 9.17) is 4.74 Å². The fraction of sp³-hybridized carbons (Fsp3) is 0.111. The normalized spacial score (nSPS) is 16.1. The van der Waals surface area contributed by atoms with Gasteiger partial charge < -0.3 is 4.74 Å². The third-order valence-corrected chi connectivity index (χ3v) is 4.99. The monoisotopic (exact) mass is 403 g/mol. The van der Waals surface area contributed by atoms with Crippen LogP contribution in [0.15, 0.2) is 57.9 Å². The van der Waals surface area contributed by atoms with Crippen LogP contribution in [-0.2, 0) is 11.3 Å². The second-order valence-electron chi connectivity index (χ2n) is 5.14. The summed E-state index contributed by atoms with van der Waals surface area (Å²) >= 11 is 4.32. The molecule has 122 valence electrons. The van der Waals surface area contributed by atoms with Crippen LogP contribution in [0.3, 0.4) is 0 Å². The molecule has 0 atom stereocenters. The highest BCUT2D eigenvalue weighted by Crippen LogP contribution is 2.34. The number of amides is 2. The van der Waals surface area contributed by atoms with Crippen LogP contribution in [0.1, 0.15) is 11.1 Å². The van der Waals surface area contributed by atoms with Crippen LogP contribution in [0.5, 0.6) is 5.75 Å². The molecule has 1 fully saturated rings. The second kappa shape index (κ2) is 7.23. The van der Waals surface area contributed by atoms with Crippen molar-refractivity contribution in [1.82, 2.24) is 4.90 Å². The number of benzene rings is 2. The van der Waals surface area contributed by atoms with Crippen molar-refractivity contribution in [1.29, 1.82) is 0 Å². The number of halogens is 1. The fourth-order valence-electron chi connectivity index (χ4n) is 2.34. The number of para-hydroxylation sites is 1. The van der Waals surface area contributed by atoms with Gasteiger partial charge in [-0.25, -0.2) is 0 Å². The molecule has 0 bridgehead atoms. The van der Waals surface area contributed by atoms with Gasteiger partial charge in [0.15, 0.2) is 0 Å². The Morgan fingerprint density at radius 2 is 1.83 bits per heavy atom. The summed E-state index contributed by atoms with van der Waals surface area (Å²) in [6.45, 7) is 0.265. The van der Waals surface area contributed by atoms with Gasteiger partial charge >= 0.3 is 0 Å². The highest BCUT2D eigenvalue weighted by atomic mass is 79.9. The molecule has 0 unspecified atom stereocenters. The quantitative estimate of drug-likeness (QED) is 0.694. The van der Waals surface area contributed by atoms with Gasteiger partial charge in [0.2, 0.25) is 0 Å². The van der Waals surface area contributed by atoms with E-state index in [0.717, 1.165) is 27.4 Å². The highest BCUT2D eigenvalue weighted by molar-refractivity contribution is 9.10. The van der Waals surface area contributed by atoms with Crippen molar-refractivity contribution in [3.63, 3.8) is 0 Å². The predicted octanol–water partition coefficient (Wildman–Crippen LogP) is 4.69. The lowest BCUT2D eigenvalue weighted by Crippen LogP contribution is -2.27. The minimum Gasteiger partial charge on any atom is -0.496 e. The molecule has 0 aromatic heterocycles. The van der Waals surface area contributed by atoms with Crippen LogP contribution < -0.4 is 4.74 Å². The van der Waals surface area contributed by atoms with Gasteiger partial charge in [-0.05, 0) is 41.6 Å². The van der Waals surface area contributed by atoms with Crippen LogP contribution in [0.2, 0.25) is 0 Å². The second-order valence-corrected chi connectivity index (χ2v) is 7.05. The Labute approximate surface area is 152 Å². The van der Waals surface area contributed by atoms with Crippen LogP contribution in [0, 0.1) is 0 Å². The first-order valence-corrected chi connectivity index (χ1v) is 8.82. The number of carbonyl (C=O) groups excluding carboxylic acids is 2. The van der Waals surface area contributed by atoms with Crippen LogP contribution in [0.4, 0.5) is 4.79 Å². The molecule has 2 aromatic rings. The van der Waals surface area contributed by atoms with Crippen molar-refractivity contribution >= 4 is 44.9 Å². The number of rotatable bonds is 4. The lowest BCUT2D eigenvalue weighted by atomic mass is 10.1. The van der Waals surface area contributed by atoms with E-state index in [2.05, 4.69) is 15.9 Å². The molecule has 0 N–H and O–H groups in total. The summed E-state index contributed by atoms with van der Waals surface area (Å²) in [6.07, 6.45) is 1.70. The van der Waals surface area contributed by atoms with E-state index in [0.29, 0.717) is 10.7 Å². The van der Waals surface area contributed by atoms with E-state index < -0.39 is 0 Å². The zero-order valence-electron chi connectivity index (χ0n) is 12.9. The molecule has 3 rings (SSSR count). The maximum Gasteiger partial charge on any atom is 0.293 e. The Kier molecular flexibility index (Phi) is 5.06. The standard InChI is InChI=1S/C18H14BrNO3S/c1-23-15-5-3-2-4-13(15)10-16-17(21)20(18(22)24-16)11-12-6-8-14(19)9-7-12/h2-10H,11H2,1H3/b16-10-. The zero-order chi connectivity index (χ0) is 17.1. The summed E-state index contributed by atoms with van der Waals surface area (Å²) < 4.78 is 6.24. The molecular formula is C18H14BrNO3S. The van der Waals surface area contributed by atoms with Crippen molar-refractivity contribution < 1.29 is 14.3 Å². The molecule has 2 amide bonds. The van der Waals surface area contributed by atoms with Gasteiger partial charge in [0.1, 0.15) is 5.75 Å². The largest absolute Gasteiger partial charge is 0.496 e. The fourth-order valence-corrected chi connectivity index (χ4v) is 3.43. The molecule has 0 spiro atoms. The number of methoxy groups -OCH3 is 1. The van der Waals surface area contributed by atoms with E-state index in [1.807, 2.05) is 48.5 Å². The third kappa shape index (κ3) is 3.55. The zero-order valence-corrected chi connectivity index (χ0v) is 15.3. The molecule has 24 heavy (non-hydrogen) atoms. The average Bonchev–Trinajstić information content (AvgIpc) is 2.85. The summed E-state index contributed by atoms with van der Waals surface area (Å²) in [6, 6.07) is 14.9. The first-order chi connectivity index (χ1) is 11.6. The number of hydrogen-bond acceptors (Lipinski definition) is 4. The Morgan fingerprint density at radius 1 is 1.12 bits per heavy atom. The van der Waals surface area contributed by atoms with Gasteiger partial charge in [0.25, 0.3) is 11.1 Å². The Hall–Kier alpha value is -2.05. The van der Waals surface area contributed by atoms with Crippen LogP contribution in [0.25, 0.3) is 6.08 Å². The summed E-state index contributed by atoms with van der Waals surface area (Å²) in [5.74, 6) is 0.385. The van der Waals surface area contributed by atoms with Crippen molar-refractivity contribution in [3.05, 3.63) is 69.0 Å². The number of ether oxygens (including phenoxy) is 1. The van der Waals surface area contributed by atoms with Crippen molar-refractivity contribution in [2.75, 3.05) is 7.11 Å². The van der Waals surface area contributed by atoms with E-state index >= 15 is 0 Å². The van der Waals surface area contributed by atoms with E-state index in [-0.39, 0.29) is 17.7 Å². The Balaban J connectivity index is 1.83. The first kappa shape index (κ1) is 16.8. The predicted molar refractivity (Wildman–Crippen MR) is 98.7 cm³/mol. The number of thioether (sulfide) groups is 1.